The molecule has 3 nitrogen and oxygen atoms in total. The van der Waals surface area contributed by atoms with E-state index in [0.717, 1.165) is 12.2 Å². The van der Waals surface area contributed by atoms with Crippen molar-refractivity contribution in [3.8, 4) is 0 Å². The van der Waals surface area contributed by atoms with Gasteiger partial charge >= 0.3 is 0 Å². The summed E-state index contributed by atoms with van der Waals surface area (Å²) in [6.07, 6.45) is 4.12. The van der Waals surface area contributed by atoms with Crippen molar-refractivity contribution in [1.29, 1.82) is 0 Å². The molecular weight excluding hydrogens is 222 g/mol. The van der Waals surface area contributed by atoms with Gasteiger partial charge in [-0.15, -0.1) is 11.8 Å². The Morgan fingerprint density at radius 2 is 2.25 bits per heavy atom. The molecule has 94 valence electrons. The number of nitrogens with zero attached hydrogens (tertiary/aromatic N) is 1. The summed E-state index contributed by atoms with van der Waals surface area (Å²) < 4.78 is 0. The summed E-state index contributed by atoms with van der Waals surface area (Å²) in [6, 6.07) is 0.238. The first kappa shape index (κ1) is 13.8. The van der Waals surface area contributed by atoms with Crippen LogP contribution in [-0.2, 0) is 4.79 Å². The van der Waals surface area contributed by atoms with Gasteiger partial charge in [0.1, 0.15) is 0 Å². The van der Waals surface area contributed by atoms with Crippen LogP contribution in [0.5, 0.6) is 0 Å². The Morgan fingerprint density at radius 3 is 2.75 bits per heavy atom. The minimum Gasteiger partial charge on any atom is -0.396 e. The minimum absolute atomic E-state index is 0.161. The fourth-order valence-electron chi connectivity index (χ4n) is 1.98. The van der Waals surface area contributed by atoms with Gasteiger partial charge in [-0.3, -0.25) is 4.79 Å². The molecule has 16 heavy (non-hydrogen) atoms. The highest BCUT2D eigenvalue weighted by molar-refractivity contribution is 8.00. The normalized spacial score (nSPS) is 21.1. The molecule has 0 aliphatic carbocycles. The first-order chi connectivity index (χ1) is 7.66. The molecule has 1 N–H and O–H groups in total. The van der Waals surface area contributed by atoms with Crippen LogP contribution in [0.3, 0.4) is 0 Å². The van der Waals surface area contributed by atoms with E-state index in [1.54, 1.807) is 11.8 Å². The molecule has 0 spiro atoms. The molecule has 1 unspecified atom stereocenters. The number of aliphatic hydroxyl groups excluding tert-OH is 1. The second-order valence-corrected chi connectivity index (χ2v) is 5.87. The van der Waals surface area contributed by atoms with Crippen LogP contribution in [-0.4, -0.2) is 46.1 Å². The van der Waals surface area contributed by atoms with Crippen LogP contribution in [0.15, 0.2) is 0 Å². The summed E-state index contributed by atoms with van der Waals surface area (Å²) in [5.41, 5.74) is 0. The monoisotopic (exact) mass is 245 g/mol. The van der Waals surface area contributed by atoms with Gasteiger partial charge in [0.2, 0.25) is 5.91 Å². The van der Waals surface area contributed by atoms with E-state index >= 15 is 0 Å². The Kier molecular flexibility index (Phi) is 6.21. The van der Waals surface area contributed by atoms with Crippen LogP contribution in [0.25, 0.3) is 0 Å². The van der Waals surface area contributed by atoms with Crippen LogP contribution in [0.2, 0.25) is 0 Å². The molecule has 0 aromatic carbocycles. The van der Waals surface area contributed by atoms with Gasteiger partial charge in [0.05, 0.1) is 5.25 Å². The van der Waals surface area contributed by atoms with Gasteiger partial charge in [0, 0.05) is 19.2 Å². The molecule has 0 aromatic rings. The number of hydrogen-bond donors (Lipinski definition) is 1. The van der Waals surface area contributed by atoms with E-state index in [1.807, 2.05) is 18.7 Å². The summed E-state index contributed by atoms with van der Waals surface area (Å²) >= 11 is 1.80. The molecule has 0 bridgehead atoms. The van der Waals surface area contributed by atoms with Crippen LogP contribution >= 0.6 is 11.8 Å². The smallest absolute Gasteiger partial charge is 0.235 e. The Morgan fingerprint density at radius 1 is 1.50 bits per heavy atom. The molecule has 0 aromatic heterocycles. The van der Waals surface area contributed by atoms with Crippen molar-refractivity contribution in [1.82, 2.24) is 4.90 Å². The minimum atomic E-state index is 0.161. The van der Waals surface area contributed by atoms with Crippen LogP contribution < -0.4 is 0 Å². The lowest BCUT2D eigenvalue weighted by Gasteiger charge is -2.31. The standard InChI is InChI=1S/C12H23NO2S/c1-10(2)13(7-5-8-14)12(15)11-6-3-4-9-16-11/h10-11,14H,3-9H2,1-2H3. The topological polar surface area (TPSA) is 40.5 Å². The van der Waals surface area contributed by atoms with Gasteiger partial charge in [-0.2, -0.15) is 0 Å². The molecule has 1 amide bonds. The average Bonchev–Trinajstić information content (AvgIpc) is 2.30. The number of carbonyl (C=O) groups is 1. The highest BCUT2D eigenvalue weighted by Gasteiger charge is 2.27. The van der Waals surface area contributed by atoms with Gasteiger partial charge in [0.15, 0.2) is 0 Å². The molecular formula is C12H23NO2S. The fourth-order valence-corrected chi connectivity index (χ4v) is 3.25. The molecule has 1 fully saturated rings. The maximum absolute atomic E-state index is 12.3. The van der Waals surface area contributed by atoms with E-state index in [1.165, 1.54) is 12.8 Å². The van der Waals surface area contributed by atoms with Crippen molar-refractivity contribution in [3.05, 3.63) is 0 Å². The van der Waals surface area contributed by atoms with Crippen molar-refractivity contribution >= 4 is 17.7 Å². The third-order valence-corrected chi connectivity index (χ3v) is 4.28. The third kappa shape index (κ3) is 3.98. The van der Waals surface area contributed by atoms with Gasteiger partial charge in [0.25, 0.3) is 0 Å². The number of aliphatic hydroxyl groups is 1. The van der Waals surface area contributed by atoms with Crippen LogP contribution in [0.4, 0.5) is 0 Å². The van der Waals surface area contributed by atoms with Crippen molar-refractivity contribution in [2.75, 3.05) is 18.9 Å². The first-order valence-corrected chi connectivity index (χ1v) is 7.24. The van der Waals surface area contributed by atoms with E-state index in [9.17, 15) is 4.79 Å². The fraction of sp³-hybridized carbons (Fsp3) is 0.917. The number of carbonyl (C=O) groups excluding carboxylic acids is 1. The molecule has 0 saturated carbocycles. The quantitative estimate of drug-likeness (QED) is 0.804. The summed E-state index contributed by atoms with van der Waals surface area (Å²) in [7, 11) is 0. The van der Waals surface area contributed by atoms with Crippen LogP contribution in [0.1, 0.15) is 39.5 Å². The van der Waals surface area contributed by atoms with E-state index < -0.39 is 0 Å². The number of amides is 1. The van der Waals surface area contributed by atoms with Gasteiger partial charge < -0.3 is 10.0 Å². The van der Waals surface area contributed by atoms with Crippen molar-refractivity contribution in [3.63, 3.8) is 0 Å². The predicted octanol–water partition coefficient (Wildman–Crippen LogP) is 1.89. The van der Waals surface area contributed by atoms with Crippen LogP contribution in [0, 0.1) is 0 Å². The maximum Gasteiger partial charge on any atom is 0.235 e. The van der Waals surface area contributed by atoms with Crippen molar-refractivity contribution in [2.45, 2.75) is 50.8 Å². The Bertz CT molecular complexity index is 215. The summed E-state index contributed by atoms with van der Waals surface area (Å²) in [5, 5.41) is 9.01. The Hall–Kier alpha value is -0.220. The molecule has 4 heteroatoms. The molecule has 1 rings (SSSR count). The molecule has 1 heterocycles. The van der Waals surface area contributed by atoms with Gasteiger partial charge in [-0.1, -0.05) is 6.42 Å². The Labute approximate surface area is 103 Å². The second kappa shape index (κ2) is 7.17. The number of thioether (sulfide) groups is 1. The zero-order chi connectivity index (χ0) is 12.0. The number of rotatable bonds is 5. The molecule has 1 atom stereocenters. The predicted molar refractivity (Wildman–Crippen MR) is 68.6 cm³/mol. The largest absolute Gasteiger partial charge is 0.396 e. The highest BCUT2D eigenvalue weighted by atomic mass is 32.2. The Balaban J connectivity index is 2.51. The molecule has 0 radical (unpaired) electrons. The lowest BCUT2D eigenvalue weighted by Crippen LogP contribution is -2.43. The lowest BCUT2D eigenvalue weighted by atomic mass is 10.1. The van der Waals surface area contributed by atoms with Gasteiger partial charge in [-0.25, -0.2) is 0 Å². The number of hydrogen-bond acceptors (Lipinski definition) is 3. The first-order valence-electron chi connectivity index (χ1n) is 6.19. The lowest BCUT2D eigenvalue weighted by molar-refractivity contribution is -0.132. The zero-order valence-electron chi connectivity index (χ0n) is 10.3. The summed E-state index contributed by atoms with van der Waals surface area (Å²) in [4.78, 5) is 14.2. The van der Waals surface area contributed by atoms with Gasteiger partial charge in [-0.05, 0) is 38.9 Å². The van der Waals surface area contributed by atoms with E-state index in [0.29, 0.717) is 13.0 Å². The molecule has 1 saturated heterocycles. The van der Waals surface area contributed by atoms with Crippen molar-refractivity contribution < 1.29 is 9.90 Å². The SMILES string of the molecule is CC(C)N(CCCO)C(=O)C1CCCCS1. The summed E-state index contributed by atoms with van der Waals surface area (Å²) in [5.74, 6) is 1.38. The molecule has 1 aliphatic rings. The van der Waals surface area contributed by atoms with E-state index in [4.69, 9.17) is 5.11 Å². The second-order valence-electron chi connectivity index (χ2n) is 4.56. The molecule has 1 aliphatic heterocycles. The highest BCUT2D eigenvalue weighted by Crippen LogP contribution is 2.27. The van der Waals surface area contributed by atoms with Crippen molar-refractivity contribution in [2.24, 2.45) is 0 Å². The summed E-state index contributed by atoms with van der Waals surface area (Å²) in [6.45, 7) is 4.93. The maximum atomic E-state index is 12.3. The average molecular weight is 245 g/mol. The third-order valence-electron chi connectivity index (χ3n) is 2.92. The zero-order valence-corrected chi connectivity index (χ0v) is 11.1. The van der Waals surface area contributed by atoms with E-state index in [2.05, 4.69) is 0 Å². The van der Waals surface area contributed by atoms with E-state index in [-0.39, 0.29) is 23.8 Å².